The first kappa shape index (κ1) is 8.97. The smallest absolute Gasteiger partial charge is 0.0368 e. The van der Waals surface area contributed by atoms with Crippen LogP contribution in [0.2, 0.25) is 0 Å². The van der Waals surface area contributed by atoms with Crippen LogP contribution in [0.5, 0.6) is 0 Å². The lowest BCUT2D eigenvalue weighted by Gasteiger charge is -2.42. The summed E-state index contributed by atoms with van der Waals surface area (Å²) in [4.78, 5) is 4.72. The highest BCUT2D eigenvalue weighted by Crippen LogP contribution is 2.12. The molecule has 66 valence electrons. The lowest BCUT2D eigenvalue weighted by atomic mass is 10.0. The highest BCUT2D eigenvalue weighted by Gasteiger charge is 2.27. The predicted molar refractivity (Wildman–Crippen MR) is 47.6 cm³/mol. The largest absolute Gasteiger partial charge is 0.329 e. The van der Waals surface area contributed by atoms with Gasteiger partial charge in [-0.15, -0.1) is 0 Å². The van der Waals surface area contributed by atoms with Crippen LogP contribution in [0.15, 0.2) is 0 Å². The summed E-state index contributed by atoms with van der Waals surface area (Å²) in [5, 5.41) is 0. The number of nitrogens with two attached hydrogens (primary N) is 1. The molecule has 1 rings (SSSR count). The van der Waals surface area contributed by atoms with Crippen LogP contribution in [-0.2, 0) is 0 Å². The van der Waals surface area contributed by atoms with E-state index in [1.165, 1.54) is 0 Å². The van der Waals surface area contributed by atoms with Gasteiger partial charge < -0.3 is 10.6 Å². The summed E-state index contributed by atoms with van der Waals surface area (Å²) in [6.07, 6.45) is 0. The van der Waals surface area contributed by atoms with E-state index in [0.717, 1.165) is 19.6 Å². The Kier molecular flexibility index (Phi) is 2.87. The van der Waals surface area contributed by atoms with Gasteiger partial charge in [-0.2, -0.15) is 0 Å². The third-order valence-corrected chi connectivity index (χ3v) is 2.87. The van der Waals surface area contributed by atoms with Crippen molar-refractivity contribution in [2.45, 2.75) is 19.0 Å². The van der Waals surface area contributed by atoms with Gasteiger partial charge in [0.1, 0.15) is 0 Å². The standard InChI is InChI=1S/C8H19N3/c1-7-8(6-9)11(3)5-4-10(7)2/h7-8H,4-6,9H2,1-3H3/t7-,8+/m1/s1. The van der Waals surface area contributed by atoms with E-state index in [0.29, 0.717) is 12.1 Å². The number of likely N-dealkylation sites (N-methyl/N-ethyl adjacent to an activating group) is 2. The fourth-order valence-corrected chi connectivity index (χ4v) is 1.72. The summed E-state index contributed by atoms with van der Waals surface area (Å²) in [6.45, 7) is 5.31. The molecule has 0 radical (unpaired) electrons. The Bertz CT molecular complexity index is 127. The van der Waals surface area contributed by atoms with Crippen LogP contribution in [0.1, 0.15) is 6.92 Å². The summed E-state index contributed by atoms with van der Waals surface area (Å²) in [5.41, 5.74) is 5.68. The van der Waals surface area contributed by atoms with Crippen LogP contribution in [0.3, 0.4) is 0 Å². The van der Waals surface area contributed by atoms with Crippen molar-refractivity contribution in [2.75, 3.05) is 33.7 Å². The summed E-state index contributed by atoms with van der Waals surface area (Å²) < 4.78 is 0. The minimum absolute atomic E-state index is 0.536. The normalized spacial score (nSPS) is 36.0. The lowest BCUT2D eigenvalue weighted by molar-refractivity contribution is 0.0667. The van der Waals surface area contributed by atoms with Gasteiger partial charge in [0.05, 0.1) is 0 Å². The molecule has 0 aromatic heterocycles. The van der Waals surface area contributed by atoms with E-state index in [1.54, 1.807) is 0 Å². The second kappa shape index (κ2) is 3.52. The SMILES string of the molecule is C[C@@H]1[C@H](CN)N(C)CCN1C. The number of hydrogen-bond donors (Lipinski definition) is 1. The Morgan fingerprint density at radius 1 is 1.27 bits per heavy atom. The van der Waals surface area contributed by atoms with Crippen LogP contribution >= 0.6 is 0 Å². The highest BCUT2D eigenvalue weighted by molar-refractivity contribution is 4.86. The van der Waals surface area contributed by atoms with Crippen molar-refractivity contribution in [3.8, 4) is 0 Å². The molecule has 1 aliphatic heterocycles. The molecule has 0 spiro atoms. The summed E-state index contributed by atoms with van der Waals surface area (Å²) in [5.74, 6) is 0. The average Bonchev–Trinajstić information content (AvgIpc) is 1.99. The molecule has 0 bridgehead atoms. The van der Waals surface area contributed by atoms with Gasteiger partial charge in [-0.3, -0.25) is 4.90 Å². The van der Waals surface area contributed by atoms with Crippen molar-refractivity contribution < 1.29 is 0 Å². The molecule has 3 heteroatoms. The summed E-state index contributed by atoms with van der Waals surface area (Å²) >= 11 is 0. The van der Waals surface area contributed by atoms with Gasteiger partial charge in [0, 0.05) is 31.7 Å². The van der Waals surface area contributed by atoms with E-state index in [2.05, 4.69) is 30.8 Å². The molecular weight excluding hydrogens is 138 g/mol. The Labute approximate surface area is 69.1 Å². The monoisotopic (exact) mass is 157 g/mol. The molecular formula is C8H19N3. The van der Waals surface area contributed by atoms with Gasteiger partial charge in [0.25, 0.3) is 0 Å². The van der Waals surface area contributed by atoms with E-state index in [1.807, 2.05) is 0 Å². The fourth-order valence-electron chi connectivity index (χ4n) is 1.72. The van der Waals surface area contributed by atoms with Gasteiger partial charge in [0.15, 0.2) is 0 Å². The Morgan fingerprint density at radius 3 is 2.27 bits per heavy atom. The molecule has 2 atom stereocenters. The van der Waals surface area contributed by atoms with Crippen molar-refractivity contribution in [1.29, 1.82) is 0 Å². The van der Waals surface area contributed by atoms with Gasteiger partial charge in [-0.25, -0.2) is 0 Å². The molecule has 0 aromatic rings. The Morgan fingerprint density at radius 2 is 1.82 bits per heavy atom. The molecule has 0 amide bonds. The Hall–Kier alpha value is -0.120. The first-order chi connectivity index (χ1) is 5.16. The van der Waals surface area contributed by atoms with Gasteiger partial charge in [0.2, 0.25) is 0 Å². The van der Waals surface area contributed by atoms with Gasteiger partial charge in [-0.1, -0.05) is 0 Å². The average molecular weight is 157 g/mol. The minimum Gasteiger partial charge on any atom is -0.329 e. The number of nitrogens with zero attached hydrogens (tertiary/aromatic N) is 2. The van der Waals surface area contributed by atoms with Crippen LogP contribution in [0, 0.1) is 0 Å². The lowest BCUT2D eigenvalue weighted by Crippen LogP contribution is -2.58. The molecule has 1 aliphatic rings. The van der Waals surface area contributed by atoms with Crippen molar-refractivity contribution in [2.24, 2.45) is 5.73 Å². The maximum absolute atomic E-state index is 5.68. The highest BCUT2D eigenvalue weighted by atomic mass is 15.3. The summed E-state index contributed by atoms with van der Waals surface area (Å²) in [6, 6.07) is 1.13. The molecule has 0 saturated carbocycles. The van der Waals surface area contributed by atoms with Gasteiger partial charge >= 0.3 is 0 Å². The molecule has 0 aromatic carbocycles. The zero-order valence-corrected chi connectivity index (χ0v) is 7.75. The van der Waals surface area contributed by atoms with Gasteiger partial charge in [-0.05, 0) is 21.0 Å². The second-order valence-electron chi connectivity index (χ2n) is 3.50. The minimum atomic E-state index is 0.536. The van der Waals surface area contributed by atoms with E-state index in [-0.39, 0.29) is 0 Å². The zero-order valence-electron chi connectivity index (χ0n) is 7.75. The molecule has 1 heterocycles. The topological polar surface area (TPSA) is 32.5 Å². The molecule has 1 saturated heterocycles. The molecule has 3 nitrogen and oxygen atoms in total. The number of hydrogen-bond acceptors (Lipinski definition) is 3. The maximum Gasteiger partial charge on any atom is 0.0368 e. The zero-order chi connectivity index (χ0) is 8.43. The van der Waals surface area contributed by atoms with Crippen molar-refractivity contribution in [3.05, 3.63) is 0 Å². The molecule has 11 heavy (non-hydrogen) atoms. The van der Waals surface area contributed by atoms with Crippen LogP contribution < -0.4 is 5.73 Å². The van der Waals surface area contributed by atoms with Crippen LogP contribution in [0.25, 0.3) is 0 Å². The quantitative estimate of drug-likeness (QED) is 0.561. The van der Waals surface area contributed by atoms with E-state index in [4.69, 9.17) is 5.73 Å². The number of piperazine rings is 1. The summed E-state index contributed by atoms with van der Waals surface area (Å²) in [7, 11) is 4.32. The molecule has 0 unspecified atom stereocenters. The van der Waals surface area contributed by atoms with E-state index < -0.39 is 0 Å². The molecule has 0 aliphatic carbocycles. The van der Waals surface area contributed by atoms with Crippen molar-refractivity contribution in [1.82, 2.24) is 9.80 Å². The van der Waals surface area contributed by atoms with E-state index >= 15 is 0 Å². The molecule has 2 N–H and O–H groups in total. The predicted octanol–water partition coefficient (Wildman–Crippen LogP) is -0.421. The van der Waals surface area contributed by atoms with Crippen molar-refractivity contribution in [3.63, 3.8) is 0 Å². The second-order valence-corrected chi connectivity index (χ2v) is 3.50. The maximum atomic E-state index is 5.68. The first-order valence-corrected chi connectivity index (χ1v) is 4.27. The third-order valence-electron chi connectivity index (χ3n) is 2.87. The van der Waals surface area contributed by atoms with Crippen LogP contribution in [0.4, 0.5) is 0 Å². The number of rotatable bonds is 1. The van der Waals surface area contributed by atoms with Crippen molar-refractivity contribution >= 4 is 0 Å². The third kappa shape index (κ3) is 1.72. The fraction of sp³-hybridized carbons (Fsp3) is 1.00. The van der Waals surface area contributed by atoms with E-state index in [9.17, 15) is 0 Å². The van der Waals surface area contributed by atoms with Crippen LogP contribution in [-0.4, -0.2) is 55.6 Å². The first-order valence-electron chi connectivity index (χ1n) is 4.27. The Balaban J connectivity index is 2.55. The molecule has 1 fully saturated rings.